The molecule has 3 nitrogen and oxygen atoms in total. The van der Waals surface area contributed by atoms with E-state index in [0.29, 0.717) is 12.0 Å². The summed E-state index contributed by atoms with van der Waals surface area (Å²) in [5.41, 5.74) is 0. The summed E-state index contributed by atoms with van der Waals surface area (Å²) in [6, 6.07) is 1.29. The van der Waals surface area contributed by atoms with Gasteiger partial charge in [0.15, 0.2) is 0 Å². The highest BCUT2D eigenvalue weighted by atomic mass is 16.5. The van der Waals surface area contributed by atoms with E-state index >= 15 is 0 Å². The Balaban J connectivity index is 2.61. The molecule has 1 aliphatic heterocycles. The first-order valence-electron chi connectivity index (χ1n) is 8.11. The lowest BCUT2D eigenvalue weighted by molar-refractivity contribution is 0.125. The molecule has 1 heterocycles. The van der Waals surface area contributed by atoms with Gasteiger partial charge in [0.05, 0.1) is 6.61 Å². The SMILES string of the molecule is CCC(CC)N(CC(C)C)CC(NC)C1CCOC1. The quantitative estimate of drug-likeness (QED) is 0.697. The van der Waals surface area contributed by atoms with Gasteiger partial charge in [0.2, 0.25) is 0 Å². The summed E-state index contributed by atoms with van der Waals surface area (Å²) in [6.45, 7) is 13.5. The average molecular weight is 270 g/mol. The van der Waals surface area contributed by atoms with Gasteiger partial charge in [-0.2, -0.15) is 0 Å². The second-order valence-corrected chi connectivity index (χ2v) is 6.34. The predicted molar refractivity (Wildman–Crippen MR) is 82.6 cm³/mol. The van der Waals surface area contributed by atoms with Crippen LogP contribution in [0.4, 0.5) is 0 Å². The Hall–Kier alpha value is -0.120. The van der Waals surface area contributed by atoms with Gasteiger partial charge in [-0.05, 0) is 32.2 Å². The number of hydrogen-bond donors (Lipinski definition) is 1. The van der Waals surface area contributed by atoms with Gasteiger partial charge >= 0.3 is 0 Å². The zero-order valence-electron chi connectivity index (χ0n) is 13.6. The van der Waals surface area contributed by atoms with Crippen molar-refractivity contribution in [3.05, 3.63) is 0 Å². The summed E-state index contributed by atoms with van der Waals surface area (Å²) in [7, 11) is 2.10. The monoisotopic (exact) mass is 270 g/mol. The molecule has 114 valence electrons. The Morgan fingerprint density at radius 2 is 1.89 bits per heavy atom. The topological polar surface area (TPSA) is 24.5 Å². The Morgan fingerprint density at radius 1 is 1.21 bits per heavy atom. The first kappa shape index (κ1) is 16.9. The van der Waals surface area contributed by atoms with Crippen molar-refractivity contribution in [2.24, 2.45) is 11.8 Å². The first-order chi connectivity index (χ1) is 9.12. The standard InChI is InChI=1S/C16H34N2O/c1-6-15(7-2)18(10-13(3)4)11-16(17-5)14-8-9-19-12-14/h13-17H,6-12H2,1-5H3. The van der Waals surface area contributed by atoms with Gasteiger partial charge in [0.1, 0.15) is 0 Å². The number of ether oxygens (including phenoxy) is 1. The molecule has 1 saturated heterocycles. The molecule has 0 saturated carbocycles. The normalized spacial score (nSPS) is 21.8. The summed E-state index contributed by atoms with van der Waals surface area (Å²) in [6.07, 6.45) is 3.71. The maximum atomic E-state index is 5.56. The Kier molecular flexibility index (Phi) is 7.96. The number of rotatable bonds is 9. The van der Waals surface area contributed by atoms with Crippen LogP contribution < -0.4 is 5.32 Å². The van der Waals surface area contributed by atoms with E-state index in [2.05, 4.69) is 45.0 Å². The molecular formula is C16H34N2O. The fourth-order valence-corrected chi connectivity index (χ4v) is 3.25. The van der Waals surface area contributed by atoms with Crippen LogP contribution in [-0.4, -0.2) is 50.3 Å². The number of nitrogens with one attached hydrogen (secondary N) is 1. The third-order valence-corrected chi connectivity index (χ3v) is 4.39. The maximum absolute atomic E-state index is 5.56. The molecule has 1 rings (SSSR count). The minimum atomic E-state index is 0.571. The number of nitrogens with zero attached hydrogens (tertiary/aromatic N) is 1. The Bertz CT molecular complexity index is 223. The zero-order valence-corrected chi connectivity index (χ0v) is 13.6. The van der Waals surface area contributed by atoms with Gasteiger partial charge in [0.25, 0.3) is 0 Å². The highest BCUT2D eigenvalue weighted by Gasteiger charge is 2.28. The fourth-order valence-electron chi connectivity index (χ4n) is 3.25. The molecule has 0 bridgehead atoms. The van der Waals surface area contributed by atoms with Crippen molar-refractivity contribution in [1.29, 1.82) is 0 Å². The molecule has 2 unspecified atom stereocenters. The van der Waals surface area contributed by atoms with Crippen molar-refractivity contribution in [3.8, 4) is 0 Å². The molecule has 0 spiro atoms. The van der Waals surface area contributed by atoms with E-state index < -0.39 is 0 Å². The van der Waals surface area contributed by atoms with Crippen LogP contribution in [0.1, 0.15) is 47.0 Å². The Morgan fingerprint density at radius 3 is 2.32 bits per heavy atom. The van der Waals surface area contributed by atoms with Crippen molar-refractivity contribution >= 4 is 0 Å². The molecule has 0 aromatic heterocycles. The lowest BCUT2D eigenvalue weighted by Crippen LogP contribution is -2.49. The summed E-state index contributed by atoms with van der Waals surface area (Å²) < 4.78 is 5.56. The molecule has 1 fully saturated rings. The highest BCUT2D eigenvalue weighted by Crippen LogP contribution is 2.20. The van der Waals surface area contributed by atoms with Crippen LogP contribution in [0.15, 0.2) is 0 Å². The highest BCUT2D eigenvalue weighted by molar-refractivity contribution is 4.83. The molecule has 0 aliphatic carbocycles. The molecular weight excluding hydrogens is 236 g/mol. The summed E-state index contributed by atoms with van der Waals surface area (Å²) >= 11 is 0. The van der Waals surface area contributed by atoms with Crippen LogP contribution in [0.2, 0.25) is 0 Å². The van der Waals surface area contributed by atoms with Gasteiger partial charge < -0.3 is 10.1 Å². The van der Waals surface area contributed by atoms with E-state index in [1.165, 1.54) is 25.8 Å². The lowest BCUT2D eigenvalue weighted by atomic mass is 9.97. The van der Waals surface area contributed by atoms with Crippen LogP contribution in [-0.2, 0) is 4.74 Å². The Labute approximate surface area is 120 Å². The average Bonchev–Trinajstić information content (AvgIpc) is 2.90. The molecule has 0 aromatic carbocycles. The van der Waals surface area contributed by atoms with Gasteiger partial charge in [-0.3, -0.25) is 4.90 Å². The molecule has 0 aromatic rings. The molecule has 2 atom stereocenters. The van der Waals surface area contributed by atoms with Crippen molar-refractivity contribution < 1.29 is 4.74 Å². The van der Waals surface area contributed by atoms with E-state index in [9.17, 15) is 0 Å². The third-order valence-electron chi connectivity index (χ3n) is 4.39. The van der Waals surface area contributed by atoms with Gasteiger partial charge in [-0.1, -0.05) is 27.7 Å². The van der Waals surface area contributed by atoms with Crippen LogP contribution in [0.5, 0.6) is 0 Å². The molecule has 0 amide bonds. The predicted octanol–water partition coefficient (Wildman–Crippen LogP) is 2.76. The van der Waals surface area contributed by atoms with Gasteiger partial charge in [0, 0.05) is 37.7 Å². The van der Waals surface area contributed by atoms with E-state index in [1.54, 1.807) is 0 Å². The molecule has 3 heteroatoms. The molecule has 1 N–H and O–H groups in total. The summed E-state index contributed by atoms with van der Waals surface area (Å²) in [4.78, 5) is 2.70. The number of hydrogen-bond acceptors (Lipinski definition) is 3. The minimum Gasteiger partial charge on any atom is -0.381 e. The molecule has 1 aliphatic rings. The molecule has 0 radical (unpaired) electrons. The largest absolute Gasteiger partial charge is 0.381 e. The van der Waals surface area contributed by atoms with E-state index in [-0.39, 0.29) is 0 Å². The minimum absolute atomic E-state index is 0.571. The smallest absolute Gasteiger partial charge is 0.0510 e. The van der Waals surface area contributed by atoms with Crippen LogP contribution in [0.25, 0.3) is 0 Å². The lowest BCUT2D eigenvalue weighted by Gasteiger charge is -2.36. The fraction of sp³-hybridized carbons (Fsp3) is 1.00. The van der Waals surface area contributed by atoms with Crippen molar-refractivity contribution in [3.63, 3.8) is 0 Å². The third kappa shape index (κ3) is 5.41. The van der Waals surface area contributed by atoms with Crippen molar-refractivity contribution in [1.82, 2.24) is 10.2 Å². The van der Waals surface area contributed by atoms with E-state index in [0.717, 1.165) is 31.7 Å². The summed E-state index contributed by atoms with van der Waals surface area (Å²) in [5.74, 6) is 1.42. The molecule has 19 heavy (non-hydrogen) atoms. The van der Waals surface area contributed by atoms with E-state index in [1.807, 2.05) is 0 Å². The van der Waals surface area contributed by atoms with E-state index in [4.69, 9.17) is 4.74 Å². The van der Waals surface area contributed by atoms with Crippen LogP contribution in [0.3, 0.4) is 0 Å². The van der Waals surface area contributed by atoms with Gasteiger partial charge in [-0.15, -0.1) is 0 Å². The zero-order chi connectivity index (χ0) is 14.3. The number of likely N-dealkylation sites (N-methyl/N-ethyl adjacent to an activating group) is 1. The maximum Gasteiger partial charge on any atom is 0.0510 e. The van der Waals surface area contributed by atoms with Crippen molar-refractivity contribution in [2.45, 2.75) is 59.0 Å². The summed E-state index contributed by atoms with van der Waals surface area (Å²) in [5, 5.41) is 3.53. The van der Waals surface area contributed by atoms with Gasteiger partial charge in [-0.25, -0.2) is 0 Å². The van der Waals surface area contributed by atoms with Crippen LogP contribution >= 0.6 is 0 Å². The second kappa shape index (κ2) is 8.93. The van der Waals surface area contributed by atoms with Crippen LogP contribution in [0, 0.1) is 11.8 Å². The first-order valence-corrected chi connectivity index (χ1v) is 8.11. The second-order valence-electron chi connectivity index (χ2n) is 6.34. The van der Waals surface area contributed by atoms with Crippen molar-refractivity contribution in [2.75, 3.05) is 33.4 Å².